The van der Waals surface area contributed by atoms with Gasteiger partial charge in [0.25, 0.3) is 11.5 Å². The van der Waals surface area contributed by atoms with Gasteiger partial charge in [0.05, 0.1) is 28.9 Å². The van der Waals surface area contributed by atoms with Crippen LogP contribution in [0, 0.1) is 17.8 Å². The van der Waals surface area contributed by atoms with Gasteiger partial charge in [0.15, 0.2) is 11.5 Å². The van der Waals surface area contributed by atoms with Crippen molar-refractivity contribution >= 4 is 38.3 Å². The monoisotopic (exact) mass is 610 g/mol. The summed E-state index contributed by atoms with van der Waals surface area (Å²) < 4.78 is 28.1. The van der Waals surface area contributed by atoms with Crippen molar-refractivity contribution < 1.29 is 13.2 Å². The molecule has 1 aliphatic heterocycles. The van der Waals surface area contributed by atoms with Crippen LogP contribution in [0.15, 0.2) is 71.8 Å². The number of carbonyl (C=O) groups is 1. The number of aromatic nitrogens is 5. The van der Waals surface area contributed by atoms with Crippen molar-refractivity contribution in [2.75, 3.05) is 25.1 Å². The largest absolute Gasteiger partial charge is 0.381 e. The minimum absolute atomic E-state index is 0.00363. The number of nitrogens with one attached hydrogen (secondary N) is 1. The zero-order valence-electron chi connectivity index (χ0n) is 24.1. The molecule has 0 radical (unpaired) electrons. The molecule has 5 aromatic rings. The van der Waals surface area contributed by atoms with Crippen molar-refractivity contribution in [3.05, 3.63) is 94.3 Å². The average Bonchev–Trinajstić information content (AvgIpc) is 3.35. The number of nitrogen functional groups attached to an aromatic ring is 1. The number of nitrogens with zero attached hydrogens (tertiary/aromatic N) is 6. The topological polar surface area (TPSA) is 158 Å². The molecule has 4 heterocycles. The molecule has 1 amide bonds. The summed E-state index contributed by atoms with van der Waals surface area (Å²) in [6, 6.07) is 15.4. The van der Waals surface area contributed by atoms with Gasteiger partial charge in [-0.05, 0) is 50.1 Å². The zero-order chi connectivity index (χ0) is 31.0. The molecule has 1 saturated heterocycles. The van der Waals surface area contributed by atoms with Crippen molar-refractivity contribution in [1.29, 1.82) is 0 Å². The van der Waals surface area contributed by atoms with E-state index in [1.165, 1.54) is 19.6 Å². The van der Waals surface area contributed by atoms with Crippen LogP contribution < -0.4 is 16.6 Å². The summed E-state index contributed by atoms with van der Waals surface area (Å²) in [5, 5.41) is 7.45. The maximum Gasteiger partial charge on any atom is 0.267 e. The molecule has 44 heavy (non-hydrogen) atoms. The smallest absolute Gasteiger partial charge is 0.267 e. The molecule has 6 rings (SSSR count). The van der Waals surface area contributed by atoms with E-state index in [0.717, 1.165) is 0 Å². The molecule has 3 N–H and O–H groups in total. The third-order valence-corrected chi connectivity index (χ3v) is 8.96. The van der Waals surface area contributed by atoms with Crippen LogP contribution in [0.4, 0.5) is 5.82 Å². The van der Waals surface area contributed by atoms with Crippen LogP contribution in [0.2, 0.25) is 0 Å². The molecule has 0 unspecified atom stereocenters. The van der Waals surface area contributed by atoms with Gasteiger partial charge in [0, 0.05) is 37.0 Å². The van der Waals surface area contributed by atoms with Crippen molar-refractivity contribution in [2.24, 2.45) is 5.92 Å². The molecule has 3 aromatic heterocycles. The van der Waals surface area contributed by atoms with E-state index in [1.807, 2.05) is 18.2 Å². The van der Waals surface area contributed by atoms with E-state index in [-0.39, 0.29) is 22.9 Å². The minimum Gasteiger partial charge on any atom is -0.381 e. The summed E-state index contributed by atoms with van der Waals surface area (Å²) in [6.07, 6.45) is 5.65. The fourth-order valence-corrected chi connectivity index (χ4v) is 6.31. The lowest BCUT2D eigenvalue weighted by Gasteiger charge is -2.27. The van der Waals surface area contributed by atoms with E-state index in [9.17, 15) is 18.0 Å². The van der Waals surface area contributed by atoms with E-state index < -0.39 is 22.0 Å². The molecule has 12 nitrogen and oxygen atoms in total. The molecule has 0 bridgehead atoms. The molecule has 0 aliphatic carbocycles. The number of carbonyl (C=O) groups excluding carboxylic acids is 1. The van der Waals surface area contributed by atoms with Crippen LogP contribution in [0.5, 0.6) is 0 Å². The number of sulfonamides is 1. The molecule has 1 fully saturated rings. The summed E-state index contributed by atoms with van der Waals surface area (Å²) in [5.41, 5.74) is 7.73. The van der Waals surface area contributed by atoms with Crippen molar-refractivity contribution in [3.8, 4) is 17.5 Å². The highest BCUT2D eigenvalue weighted by molar-refractivity contribution is 7.88. The van der Waals surface area contributed by atoms with E-state index in [1.54, 1.807) is 55.7 Å². The van der Waals surface area contributed by atoms with Gasteiger partial charge in [-0.15, -0.1) is 5.10 Å². The Labute approximate surface area is 253 Å². The van der Waals surface area contributed by atoms with E-state index in [0.29, 0.717) is 59.6 Å². The van der Waals surface area contributed by atoms with Crippen LogP contribution in [-0.4, -0.2) is 62.1 Å². The number of hydrogen-bond acceptors (Lipinski definition) is 8. The Balaban J connectivity index is 1.39. The highest BCUT2D eigenvalue weighted by atomic mass is 32.2. The predicted molar refractivity (Wildman–Crippen MR) is 167 cm³/mol. The number of amides is 1. The average molecular weight is 611 g/mol. The number of para-hydroxylation sites is 1. The molecule has 13 heteroatoms. The van der Waals surface area contributed by atoms with Gasteiger partial charge in [0.1, 0.15) is 11.4 Å². The Morgan fingerprint density at radius 2 is 1.84 bits per heavy atom. The summed E-state index contributed by atoms with van der Waals surface area (Å²) in [4.78, 5) is 36.8. The Hall–Kier alpha value is -5.06. The fourth-order valence-electron chi connectivity index (χ4n) is 5.44. The number of anilines is 1. The number of piperidine rings is 1. The van der Waals surface area contributed by atoms with Crippen LogP contribution in [-0.2, 0) is 10.0 Å². The molecule has 0 saturated carbocycles. The van der Waals surface area contributed by atoms with Crippen molar-refractivity contribution in [1.82, 2.24) is 33.8 Å². The lowest BCUT2D eigenvalue weighted by Crippen LogP contribution is -2.37. The summed E-state index contributed by atoms with van der Waals surface area (Å²) >= 11 is 0. The second-order valence-corrected chi connectivity index (χ2v) is 12.7. The molecular weight excluding hydrogens is 580 g/mol. The van der Waals surface area contributed by atoms with Crippen molar-refractivity contribution in [2.45, 2.75) is 25.8 Å². The van der Waals surface area contributed by atoms with Crippen molar-refractivity contribution in [3.63, 3.8) is 0 Å². The van der Waals surface area contributed by atoms with Gasteiger partial charge in [-0.1, -0.05) is 36.1 Å². The molecule has 1 aliphatic rings. The van der Waals surface area contributed by atoms with Gasteiger partial charge in [0.2, 0.25) is 10.0 Å². The van der Waals surface area contributed by atoms with Gasteiger partial charge < -0.3 is 11.1 Å². The first-order chi connectivity index (χ1) is 21.1. The Morgan fingerprint density at radius 1 is 1.09 bits per heavy atom. The lowest BCUT2D eigenvalue weighted by molar-refractivity contribution is 0.0940. The highest BCUT2D eigenvalue weighted by Gasteiger charge is 2.26. The SMILES string of the molecule is C[C@@H](NC(=O)c1c(N)nn2cccnc12)c1nc2cccc(C#CC3CCN(S(C)(=O)=O)CC3)c2c(=O)n1-c1ccccc1. The van der Waals surface area contributed by atoms with Crippen LogP contribution in [0.1, 0.15) is 47.6 Å². The number of nitrogens with two attached hydrogens (primary N) is 1. The Morgan fingerprint density at radius 3 is 2.57 bits per heavy atom. The predicted octanol–water partition coefficient (Wildman–Crippen LogP) is 2.52. The zero-order valence-corrected chi connectivity index (χ0v) is 25.0. The van der Waals surface area contributed by atoms with Gasteiger partial charge >= 0.3 is 0 Å². The molecule has 224 valence electrons. The number of hydrogen-bond donors (Lipinski definition) is 2. The lowest BCUT2D eigenvalue weighted by atomic mass is 9.98. The number of fused-ring (bicyclic) bond motifs is 2. The first-order valence-corrected chi connectivity index (χ1v) is 15.9. The second-order valence-electron chi connectivity index (χ2n) is 10.7. The van der Waals surface area contributed by atoms with E-state index in [2.05, 4.69) is 27.2 Å². The first kappa shape index (κ1) is 29.0. The second kappa shape index (κ2) is 11.6. The third-order valence-electron chi connectivity index (χ3n) is 7.66. The van der Waals surface area contributed by atoms with Gasteiger partial charge in [-0.25, -0.2) is 27.2 Å². The summed E-state index contributed by atoms with van der Waals surface area (Å²) in [7, 11) is -3.23. The normalized spacial score (nSPS) is 15.1. The molecule has 0 spiro atoms. The van der Waals surface area contributed by atoms with Gasteiger partial charge in [-0.2, -0.15) is 0 Å². The van der Waals surface area contributed by atoms with Gasteiger partial charge in [-0.3, -0.25) is 14.2 Å². The van der Waals surface area contributed by atoms with E-state index in [4.69, 9.17) is 10.7 Å². The molecule has 2 aromatic carbocycles. The minimum atomic E-state index is -3.23. The number of rotatable bonds is 5. The maximum atomic E-state index is 14.2. The number of benzene rings is 2. The van der Waals surface area contributed by atoms with E-state index >= 15 is 0 Å². The maximum absolute atomic E-state index is 14.2. The quantitative estimate of drug-likeness (QED) is 0.288. The standard InChI is InChI=1S/C31H30N8O4S/c1-20(34-30(40)26-27(32)36-38-17-7-16-33-29(26)38)28-35-24-11-6-8-22(13-12-21-14-18-37(19-15-21)44(2,42)43)25(24)31(41)39(28)23-9-4-3-5-10-23/h3-11,16-17,20-21H,14-15,18-19H2,1-2H3,(H2,32,36)(H,34,40)/t20-/m1/s1. The molecular formula is C31H30N8O4S. The Kier molecular flexibility index (Phi) is 7.62. The third kappa shape index (κ3) is 5.52. The van der Waals surface area contributed by atoms with Crippen LogP contribution in [0.3, 0.4) is 0 Å². The first-order valence-electron chi connectivity index (χ1n) is 14.1. The van der Waals surface area contributed by atoms with Crippen LogP contribution in [0.25, 0.3) is 22.2 Å². The fraction of sp³-hybridized carbons (Fsp3) is 0.258. The molecule has 1 atom stereocenters. The Bertz CT molecular complexity index is 2120. The van der Waals surface area contributed by atoms with Crippen LogP contribution >= 0.6 is 0 Å². The highest BCUT2D eigenvalue weighted by Crippen LogP contribution is 2.23. The summed E-state index contributed by atoms with van der Waals surface area (Å²) in [6.45, 7) is 2.58. The summed E-state index contributed by atoms with van der Waals surface area (Å²) in [5.74, 6) is 6.30.